The van der Waals surface area contributed by atoms with E-state index >= 15 is 0 Å². The molecule has 118 valence electrons. The van der Waals surface area contributed by atoms with Crippen molar-refractivity contribution in [3.63, 3.8) is 0 Å². The number of piperidine rings is 1. The predicted molar refractivity (Wildman–Crippen MR) is 90.2 cm³/mol. The van der Waals surface area contributed by atoms with Crippen LogP contribution >= 0.6 is 0 Å². The largest absolute Gasteiger partial charge is 0.492 e. The molecule has 0 saturated carbocycles. The van der Waals surface area contributed by atoms with Gasteiger partial charge in [0.2, 0.25) is 0 Å². The monoisotopic (exact) mass is 290 g/mol. The third-order valence-corrected chi connectivity index (χ3v) is 4.45. The number of nitrogens with zero attached hydrogens (tertiary/aromatic N) is 1. The van der Waals surface area contributed by atoms with Gasteiger partial charge in [0, 0.05) is 6.04 Å². The second-order valence-electron chi connectivity index (χ2n) is 6.04. The smallest absolute Gasteiger partial charge is 0.142 e. The summed E-state index contributed by atoms with van der Waals surface area (Å²) in [6, 6.07) is 8.76. The minimum atomic E-state index is 0.496. The van der Waals surface area contributed by atoms with Gasteiger partial charge in [0.1, 0.15) is 5.75 Å². The van der Waals surface area contributed by atoms with E-state index in [2.05, 4.69) is 36.2 Å². The van der Waals surface area contributed by atoms with Gasteiger partial charge in [0.25, 0.3) is 0 Å². The highest BCUT2D eigenvalue weighted by Crippen LogP contribution is 2.28. The summed E-state index contributed by atoms with van der Waals surface area (Å²) in [5, 5.41) is 3.67. The van der Waals surface area contributed by atoms with Crippen LogP contribution in [0.15, 0.2) is 24.3 Å². The van der Waals surface area contributed by atoms with Gasteiger partial charge in [-0.05, 0) is 70.8 Å². The normalized spacial score (nSPS) is 18.4. The minimum Gasteiger partial charge on any atom is -0.492 e. The lowest BCUT2D eigenvalue weighted by molar-refractivity contribution is 0.176. The molecule has 0 amide bonds. The Kier molecular flexibility index (Phi) is 6.37. The first-order chi connectivity index (χ1) is 10.2. The summed E-state index contributed by atoms with van der Waals surface area (Å²) >= 11 is 0. The Labute approximate surface area is 129 Å². The van der Waals surface area contributed by atoms with Crippen molar-refractivity contribution in [3.8, 4) is 5.75 Å². The van der Waals surface area contributed by atoms with Gasteiger partial charge in [-0.2, -0.15) is 0 Å². The molecule has 0 bridgehead atoms. The van der Waals surface area contributed by atoms with Crippen LogP contribution in [-0.2, 0) is 0 Å². The lowest BCUT2D eigenvalue weighted by Crippen LogP contribution is -2.39. The van der Waals surface area contributed by atoms with Crippen LogP contribution in [0.3, 0.4) is 0 Å². The first-order valence-electron chi connectivity index (χ1n) is 8.45. The molecule has 1 aliphatic heterocycles. The molecular weight excluding hydrogens is 260 g/mol. The molecule has 0 spiro atoms. The van der Waals surface area contributed by atoms with Crippen LogP contribution in [0.1, 0.15) is 40.0 Å². The molecule has 0 aliphatic carbocycles. The van der Waals surface area contributed by atoms with E-state index in [9.17, 15) is 0 Å². The molecule has 1 aromatic carbocycles. The molecule has 1 aromatic rings. The van der Waals surface area contributed by atoms with E-state index in [1.165, 1.54) is 38.9 Å². The van der Waals surface area contributed by atoms with E-state index in [0.717, 1.165) is 17.4 Å². The molecule has 21 heavy (non-hydrogen) atoms. The number of ether oxygens (including phenoxy) is 1. The van der Waals surface area contributed by atoms with E-state index in [0.29, 0.717) is 12.6 Å². The van der Waals surface area contributed by atoms with Gasteiger partial charge in [0.05, 0.1) is 12.3 Å². The van der Waals surface area contributed by atoms with Crippen LogP contribution in [0.4, 0.5) is 5.69 Å². The summed E-state index contributed by atoms with van der Waals surface area (Å²) in [6.07, 6.45) is 3.86. The van der Waals surface area contributed by atoms with Crippen molar-refractivity contribution in [3.05, 3.63) is 24.3 Å². The van der Waals surface area contributed by atoms with Crippen molar-refractivity contribution >= 4 is 5.69 Å². The van der Waals surface area contributed by atoms with Crippen molar-refractivity contribution in [2.45, 2.75) is 46.1 Å². The molecule has 0 radical (unpaired) electrons. The molecule has 3 heteroatoms. The Hall–Kier alpha value is -1.22. The fourth-order valence-electron chi connectivity index (χ4n) is 3.22. The second-order valence-corrected chi connectivity index (χ2v) is 6.04. The fourth-order valence-corrected chi connectivity index (χ4v) is 3.22. The molecule has 1 aliphatic rings. The maximum Gasteiger partial charge on any atom is 0.142 e. The van der Waals surface area contributed by atoms with Gasteiger partial charge < -0.3 is 15.0 Å². The summed E-state index contributed by atoms with van der Waals surface area (Å²) in [7, 11) is 0. The fraction of sp³-hybridized carbons (Fsp3) is 0.667. The topological polar surface area (TPSA) is 24.5 Å². The van der Waals surface area contributed by atoms with Crippen molar-refractivity contribution < 1.29 is 4.74 Å². The van der Waals surface area contributed by atoms with E-state index < -0.39 is 0 Å². The third-order valence-electron chi connectivity index (χ3n) is 4.45. The SMILES string of the molecule is CCCN1CCC(C(C)Nc2ccccc2OCC)CC1. The Morgan fingerprint density at radius 1 is 1.24 bits per heavy atom. The molecule has 1 heterocycles. The number of likely N-dealkylation sites (tertiary alicyclic amines) is 1. The highest BCUT2D eigenvalue weighted by molar-refractivity contribution is 5.56. The molecule has 1 saturated heterocycles. The van der Waals surface area contributed by atoms with Crippen LogP contribution in [0, 0.1) is 5.92 Å². The number of para-hydroxylation sites is 2. The number of hydrogen-bond acceptors (Lipinski definition) is 3. The zero-order valence-electron chi connectivity index (χ0n) is 13.8. The maximum atomic E-state index is 5.70. The Balaban J connectivity index is 1.89. The summed E-state index contributed by atoms with van der Waals surface area (Å²) in [6.45, 7) is 11.1. The maximum absolute atomic E-state index is 5.70. The molecule has 2 rings (SSSR count). The highest BCUT2D eigenvalue weighted by atomic mass is 16.5. The summed E-state index contributed by atoms with van der Waals surface area (Å²) in [5.41, 5.74) is 1.13. The minimum absolute atomic E-state index is 0.496. The average Bonchev–Trinajstić information content (AvgIpc) is 2.50. The number of hydrogen-bond donors (Lipinski definition) is 1. The Bertz CT molecular complexity index is 413. The zero-order valence-corrected chi connectivity index (χ0v) is 13.8. The van der Waals surface area contributed by atoms with Gasteiger partial charge in [-0.3, -0.25) is 0 Å². The predicted octanol–water partition coefficient (Wildman–Crippen LogP) is 4.01. The van der Waals surface area contributed by atoms with Gasteiger partial charge in [0.15, 0.2) is 0 Å². The van der Waals surface area contributed by atoms with Gasteiger partial charge in [-0.25, -0.2) is 0 Å². The quantitative estimate of drug-likeness (QED) is 0.821. The van der Waals surface area contributed by atoms with E-state index in [1.807, 2.05) is 19.1 Å². The molecular formula is C18H30N2O. The first-order valence-corrected chi connectivity index (χ1v) is 8.45. The van der Waals surface area contributed by atoms with Crippen molar-refractivity contribution in [2.75, 3.05) is 31.6 Å². The van der Waals surface area contributed by atoms with Gasteiger partial charge in [-0.1, -0.05) is 19.1 Å². The molecule has 3 nitrogen and oxygen atoms in total. The standard InChI is InChI=1S/C18H30N2O/c1-4-12-20-13-10-16(11-14-20)15(3)19-17-8-6-7-9-18(17)21-5-2/h6-9,15-16,19H,4-5,10-14H2,1-3H3. The molecule has 0 aromatic heterocycles. The van der Waals surface area contributed by atoms with Gasteiger partial charge in [-0.15, -0.1) is 0 Å². The van der Waals surface area contributed by atoms with Crippen molar-refractivity contribution in [1.29, 1.82) is 0 Å². The lowest BCUT2D eigenvalue weighted by Gasteiger charge is -2.35. The van der Waals surface area contributed by atoms with Crippen LogP contribution in [0.2, 0.25) is 0 Å². The Morgan fingerprint density at radius 2 is 1.95 bits per heavy atom. The number of benzene rings is 1. The molecule has 1 atom stereocenters. The van der Waals surface area contributed by atoms with E-state index in [4.69, 9.17) is 4.74 Å². The van der Waals surface area contributed by atoms with Gasteiger partial charge >= 0.3 is 0 Å². The first kappa shape index (κ1) is 16.2. The van der Waals surface area contributed by atoms with Crippen LogP contribution < -0.4 is 10.1 Å². The van der Waals surface area contributed by atoms with Crippen molar-refractivity contribution in [2.24, 2.45) is 5.92 Å². The third kappa shape index (κ3) is 4.63. The molecule has 1 N–H and O–H groups in total. The van der Waals surface area contributed by atoms with E-state index in [1.54, 1.807) is 0 Å². The molecule has 1 unspecified atom stereocenters. The van der Waals surface area contributed by atoms with Crippen molar-refractivity contribution in [1.82, 2.24) is 4.90 Å². The average molecular weight is 290 g/mol. The van der Waals surface area contributed by atoms with Crippen LogP contribution in [0.25, 0.3) is 0 Å². The van der Waals surface area contributed by atoms with Crippen LogP contribution in [0.5, 0.6) is 5.75 Å². The van der Waals surface area contributed by atoms with E-state index in [-0.39, 0.29) is 0 Å². The molecule has 1 fully saturated rings. The number of nitrogens with one attached hydrogen (secondary N) is 1. The number of rotatable bonds is 7. The number of anilines is 1. The Morgan fingerprint density at radius 3 is 2.62 bits per heavy atom. The summed E-state index contributed by atoms with van der Waals surface area (Å²) in [4.78, 5) is 2.59. The second kappa shape index (κ2) is 8.28. The lowest BCUT2D eigenvalue weighted by atomic mass is 9.90. The zero-order chi connectivity index (χ0) is 15.1. The summed E-state index contributed by atoms with van der Waals surface area (Å²) in [5.74, 6) is 1.73. The summed E-state index contributed by atoms with van der Waals surface area (Å²) < 4.78 is 5.70. The van der Waals surface area contributed by atoms with Crippen LogP contribution in [-0.4, -0.2) is 37.2 Å². The highest BCUT2D eigenvalue weighted by Gasteiger charge is 2.23.